The molecule has 1 unspecified atom stereocenters. The average molecular weight is 411 g/mol. The van der Waals surface area contributed by atoms with Crippen molar-refractivity contribution in [3.8, 4) is 5.75 Å². The molecule has 4 nitrogen and oxygen atoms in total. The maximum atomic E-state index is 11.2. The molecule has 1 heterocycles. The summed E-state index contributed by atoms with van der Waals surface area (Å²) in [6.45, 7) is 9.92. The first-order valence-electron chi connectivity index (χ1n) is 10.9. The predicted molar refractivity (Wildman–Crippen MR) is 120 cm³/mol. The van der Waals surface area contributed by atoms with E-state index in [0.717, 1.165) is 30.6 Å². The van der Waals surface area contributed by atoms with Gasteiger partial charge in [-0.05, 0) is 75.5 Å². The highest BCUT2D eigenvalue weighted by molar-refractivity contribution is 5.96. The number of aliphatic hydroxyl groups excluding tert-OH is 1. The largest absolute Gasteiger partial charge is 0.494 e. The summed E-state index contributed by atoms with van der Waals surface area (Å²) in [5.74, 6) is 0.269. The maximum absolute atomic E-state index is 11.2. The molecule has 0 radical (unpaired) electrons. The summed E-state index contributed by atoms with van der Waals surface area (Å²) in [5.41, 5.74) is 6.20. The Bertz CT molecular complexity index is 856. The Morgan fingerprint density at radius 3 is 2.67 bits per heavy atom. The molecule has 4 heteroatoms. The average Bonchev–Trinajstić information content (AvgIpc) is 3.03. The van der Waals surface area contributed by atoms with Gasteiger partial charge in [0.05, 0.1) is 6.61 Å². The van der Waals surface area contributed by atoms with Gasteiger partial charge in [0.2, 0.25) is 6.29 Å². The molecule has 0 saturated heterocycles. The number of carbonyl (C=O) groups excluding carboxylic acids is 1. The van der Waals surface area contributed by atoms with Gasteiger partial charge in [0, 0.05) is 11.6 Å². The molecule has 30 heavy (non-hydrogen) atoms. The highest BCUT2D eigenvalue weighted by atomic mass is 16.6. The van der Waals surface area contributed by atoms with Gasteiger partial charge in [-0.15, -0.1) is 0 Å². The van der Waals surface area contributed by atoms with Crippen molar-refractivity contribution in [2.45, 2.75) is 72.5 Å². The SMILES string of the molecule is CC1=C(C/C=C(\C)CCCOc2ccc(C3=CC(=O)OC3O)cc2)C(C)(C)CCC1. The summed E-state index contributed by atoms with van der Waals surface area (Å²) in [4.78, 5) is 11.2. The van der Waals surface area contributed by atoms with Crippen molar-refractivity contribution in [2.24, 2.45) is 5.41 Å². The Balaban J connectivity index is 1.44. The number of ether oxygens (including phenoxy) is 2. The molecule has 1 aliphatic heterocycles. The predicted octanol–water partition coefficient (Wildman–Crippen LogP) is 5.97. The smallest absolute Gasteiger partial charge is 0.333 e. The van der Waals surface area contributed by atoms with Gasteiger partial charge in [-0.3, -0.25) is 0 Å². The van der Waals surface area contributed by atoms with E-state index in [1.54, 1.807) is 11.1 Å². The fourth-order valence-corrected chi connectivity index (χ4v) is 4.42. The normalized spacial score (nSPS) is 21.5. The third-order valence-corrected chi connectivity index (χ3v) is 6.28. The van der Waals surface area contributed by atoms with E-state index in [0.29, 0.717) is 17.6 Å². The molecule has 1 N–H and O–H groups in total. The summed E-state index contributed by atoms with van der Waals surface area (Å²) in [6, 6.07) is 7.38. The van der Waals surface area contributed by atoms with Crippen molar-refractivity contribution in [2.75, 3.05) is 6.61 Å². The first-order chi connectivity index (χ1) is 14.3. The number of rotatable bonds is 8. The van der Waals surface area contributed by atoms with E-state index >= 15 is 0 Å². The maximum Gasteiger partial charge on any atom is 0.333 e. The van der Waals surface area contributed by atoms with Gasteiger partial charge in [-0.2, -0.15) is 0 Å². The summed E-state index contributed by atoms with van der Waals surface area (Å²) in [6.07, 6.45) is 9.45. The quantitative estimate of drug-likeness (QED) is 0.326. The van der Waals surface area contributed by atoms with Crippen LogP contribution in [0.4, 0.5) is 0 Å². The van der Waals surface area contributed by atoms with Gasteiger partial charge >= 0.3 is 5.97 Å². The third kappa shape index (κ3) is 5.63. The Morgan fingerprint density at radius 1 is 1.30 bits per heavy atom. The van der Waals surface area contributed by atoms with Crippen LogP contribution in [0.15, 0.2) is 53.1 Å². The van der Waals surface area contributed by atoms with Gasteiger partial charge in [0.25, 0.3) is 0 Å². The monoisotopic (exact) mass is 410 g/mol. The molecule has 3 rings (SSSR count). The topological polar surface area (TPSA) is 55.8 Å². The summed E-state index contributed by atoms with van der Waals surface area (Å²) < 4.78 is 10.6. The van der Waals surface area contributed by atoms with Crippen molar-refractivity contribution >= 4 is 11.5 Å². The lowest BCUT2D eigenvalue weighted by Crippen LogP contribution is -2.20. The van der Waals surface area contributed by atoms with Crippen LogP contribution < -0.4 is 4.74 Å². The molecular formula is C26H34O4. The summed E-state index contributed by atoms with van der Waals surface area (Å²) in [5, 5.41) is 9.73. The first-order valence-corrected chi connectivity index (χ1v) is 10.9. The van der Waals surface area contributed by atoms with Gasteiger partial charge in [0.15, 0.2) is 0 Å². The number of carbonyl (C=O) groups is 1. The van der Waals surface area contributed by atoms with Crippen molar-refractivity contribution in [3.63, 3.8) is 0 Å². The van der Waals surface area contributed by atoms with E-state index < -0.39 is 12.3 Å². The van der Waals surface area contributed by atoms with Crippen molar-refractivity contribution in [1.82, 2.24) is 0 Å². The van der Waals surface area contributed by atoms with Crippen molar-refractivity contribution in [3.05, 3.63) is 58.7 Å². The van der Waals surface area contributed by atoms with E-state index in [-0.39, 0.29) is 0 Å². The molecule has 0 amide bonds. The van der Waals surface area contributed by atoms with Gasteiger partial charge in [-0.25, -0.2) is 4.79 Å². The van der Waals surface area contributed by atoms with E-state index in [1.165, 1.54) is 30.9 Å². The molecule has 1 atom stereocenters. The van der Waals surface area contributed by atoms with Gasteiger partial charge in [0.1, 0.15) is 5.75 Å². The zero-order valence-corrected chi connectivity index (χ0v) is 18.7. The lowest BCUT2D eigenvalue weighted by atomic mass is 9.71. The van der Waals surface area contributed by atoms with E-state index in [2.05, 4.69) is 33.8 Å². The minimum absolute atomic E-state index is 0.332. The second-order valence-corrected chi connectivity index (χ2v) is 9.12. The number of esters is 1. The van der Waals surface area contributed by atoms with Crippen LogP contribution in [0.3, 0.4) is 0 Å². The number of benzene rings is 1. The lowest BCUT2D eigenvalue weighted by molar-refractivity contribution is -0.149. The van der Waals surface area contributed by atoms with Crippen molar-refractivity contribution < 1.29 is 19.4 Å². The van der Waals surface area contributed by atoms with Crippen LogP contribution >= 0.6 is 0 Å². The minimum atomic E-state index is -1.18. The van der Waals surface area contributed by atoms with Crippen LogP contribution in [0.1, 0.15) is 71.8 Å². The molecule has 162 valence electrons. The van der Waals surface area contributed by atoms with Crippen LogP contribution in [0.5, 0.6) is 5.75 Å². The molecule has 1 aromatic rings. The lowest BCUT2D eigenvalue weighted by Gasteiger charge is -2.34. The van der Waals surface area contributed by atoms with E-state index in [9.17, 15) is 9.90 Å². The number of aliphatic hydroxyl groups is 1. The van der Waals surface area contributed by atoms with Gasteiger partial charge < -0.3 is 14.6 Å². The van der Waals surface area contributed by atoms with Gasteiger partial charge in [-0.1, -0.05) is 48.8 Å². The highest BCUT2D eigenvalue weighted by Crippen LogP contribution is 2.42. The molecule has 0 aromatic heterocycles. The first kappa shape index (κ1) is 22.4. The van der Waals surface area contributed by atoms with Crippen LogP contribution in [0.25, 0.3) is 5.57 Å². The number of allylic oxidation sites excluding steroid dienone is 4. The fraction of sp³-hybridized carbons (Fsp3) is 0.500. The Hall–Kier alpha value is -2.33. The molecule has 0 bridgehead atoms. The number of hydrogen-bond donors (Lipinski definition) is 1. The summed E-state index contributed by atoms with van der Waals surface area (Å²) in [7, 11) is 0. The highest BCUT2D eigenvalue weighted by Gasteiger charge is 2.27. The number of hydrogen-bond acceptors (Lipinski definition) is 4. The van der Waals surface area contributed by atoms with Crippen LogP contribution in [-0.2, 0) is 9.53 Å². The second-order valence-electron chi connectivity index (χ2n) is 9.12. The van der Waals surface area contributed by atoms with Crippen molar-refractivity contribution in [1.29, 1.82) is 0 Å². The molecule has 0 saturated carbocycles. The van der Waals surface area contributed by atoms with E-state index in [4.69, 9.17) is 9.47 Å². The molecule has 1 aromatic carbocycles. The third-order valence-electron chi connectivity index (χ3n) is 6.28. The molecule has 2 aliphatic rings. The fourth-order valence-electron chi connectivity index (χ4n) is 4.42. The molecule has 0 fully saturated rings. The van der Waals surface area contributed by atoms with E-state index in [1.807, 2.05) is 24.3 Å². The zero-order valence-electron chi connectivity index (χ0n) is 18.7. The molecule has 0 spiro atoms. The molecule has 1 aliphatic carbocycles. The second kappa shape index (κ2) is 9.65. The van der Waals surface area contributed by atoms with Crippen LogP contribution in [-0.4, -0.2) is 24.0 Å². The summed E-state index contributed by atoms with van der Waals surface area (Å²) >= 11 is 0. The van der Waals surface area contributed by atoms with Crippen LogP contribution in [0.2, 0.25) is 0 Å². The van der Waals surface area contributed by atoms with Crippen LogP contribution in [0, 0.1) is 5.41 Å². The Kier molecular flexibility index (Phi) is 7.19. The Morgan fingerprint density at radius 2 is 2.03 bits per heavy atom. The number of cyclic esters (lactones) is 1. The minimum Gasteiger partial charge on any atom is -0.494 e. The molecular weight excluding hydrogens is 376 g/mol. The Labute approximate surface area is 180 Å². The zero-order chi connectivity index (χ0) is 21.7. The standard InChI is InChI=1S/C26H34O4/c1-18(9-14-23-19(2)8-5-15-26(23,3)4)7-6-16-29-21-12-10-20(11-13-21)22-17-24(27)30-25(22)28/h9-13,17,25,28H,5-8,14-16H2,1-4H3/b18-9+.